The Balaban J connectivity index is 2.89. The number of nitrogens with zero attached hydrogens (tertiary/aromatic N) is 2. The Hall–Kier alpha value is -2.15. The quantitative estimate of drug-likeness (QED) is 0.495. The minimum atomic E-state index is -4.51. The van der Waals surface area contributed by atoms with E-state index < -0.39 is 20.6 Å². The Labute approximate surface area is 124 Å². The molecule has 7 nitrogen and oxygen atoms in total. The van der Waals surface area contributed by atoms with Gasteiger partial charge in [-0.2, -0.15) is 13.7 Å². The number of nitriles is 1. The van der Waals surface area contributed by atoms with Crippen LogP contribution in [0.15, 0.2) is 39.1 Å². The lowest BCUT2D eigenvalue weighted by atomic mass is 10.1. The SMILES string of the molecule is CSc1nc(-c2ccccc2S(=O)(=O)O)c(C#N)c(=O)[nH]1. The van der Waals surface area contributed by atoms with Crippen molar-refractivity contribution in [2.75, 3.05) is 6.26 Å². The van der Waals surface area contributed by atoms with Crippen LogP contribution in [-0.2, 0) is 10.1 Å². The van der Waals surface area contributed by atoms with Crippen molar-refractivity contribution in [2.24, 2.45) is 0 Å². The summed E-state index contributed by atoms with van der Waals surface area (Å²) in [4.78, 5) is 17.9. The van der Waals surface area contributed by atoms with Gasteiger partial charge in [0.15, 0.2) is 5.16 Å². The summed E-state index contributed by atoms with van der Waals surface area (Å²) in [7, 11) is -4.51. The van der Waals surface area contributed by atoms with Gasteiger partial charge in [-0.15, -0.1) is 0 Å². The van der Waals surface area contributed by atoms with Crippen molar-refractivity contribution in [1.82, 2.24) is 9.97 Å². The molecular weight excluding hydrogens is 314 g/mol. The monoisotopic (exact) mass is 323 g/mol. The summed E-state index contributed by atoms with van der Waals surface area (Å²) in [6.45, 7) is 0. The van der Waals surface area contributed by atoms with Gasteiger partial charge >= 0.3 is 0 Å². The van der Waals surface area contributed by atoms with Crippen molar-refractivity contribution in [3.63, 3.8) is 0 Å². The third kappa shape index (κ3) is 2.97. The first kappa shape index (κ1) is 15.2. The second kappa shape index (κ2) is 5.69. The zero-order chi connectivity index (χ0) is 15.6. The number of nitrogens with one attached hydrogen (secondary N) is 1. The van der Waals surface area contributed by atoms with E-state index in [1.165, 1.54) is 24.3 Å². The second-order valence-corrected chi connectivity index (χ2v) is 6.07. The lowest BCUT2D eigenvalue weighted by Crippen LogP contribution is -2.15. The van der Waals surface area contributed by atoms with Crippen LogP contribution in [0.4, 0.5) is 0 Å². The molecule has 0 aliphatic heterocycles. The van der Waals surface area contributed by atoms with E-state index in [-0.39, 0.29) is 22.0 Å². The Morgan fingerprint density at radius 1 is 1.38 bits per heavy atom. The molecule has 0 spiro atoms. The maximum absolute atomic E-state index is 11.8. The highest BCUT2D eigenvalue weighted by Crippen LogP contribution is 2.27. The molecule has 1 heterocycles. The van der Waals surface area contributed by atoms with Gasteiger partial charge in [0, 0.05) is 5.56 Å². The molecule has 0 unspecified atom stereocenters. The predicted octanol–water partition coefficient (Wildman–Crippen LogP) is 1.28. The summed E-state index contributed by atoms with van der Waals surface area (Å²) in [5.74, 6) is 0. The molecule has 2 aromatic rings. The summed E-state index contributed by atoms with van der Waals surface area (Å²) in [5, 5.41) is 9.32. The van der Waals surface area contributed by atoms with E-state index in [1.807, 2.05) is 0 Å². The smallest absolute Gasteiger partial charge is 0.295 e. The number of rotatable bonds is 3. The normalized spacial score (nSPS) is 11.1. The fourth-order valence-electron chi connectivity index (χ4n) is 1.74. The molecule has 0 atom stereocenters. The fraction of sp³-hybridized carbons (Fsp3) is 0.0833. The number of H-pyrrole nitrogens is 1. The number of hydrogen-bond acceptors (Lipinski definition) is 6. The van der Waals surface area contributed by atoms with Gasteiger partial charge in [-0.3, -0.25) is 9.35 Å². The first-order valence-corrected chi connectivity index (χ1v) is 8.20. The summed E-state index contributed by atoms with van der Waals surface area (Å²) in [6, 6.07) is 7.18. The molecule has 0 bridgehead atoms. The molecule has 0 saturated heterocycles. The van der Waals surface area contributed by atoms with Crippen LogP contribution in [0, 0.1) is 11.3 Å². The zero-order valence-electron chi connectivity index (χ0n) is 10.7. The summed E-state index contributed by atoms with van der Waals surface area (Å²) >= 11 is 1.14. The van der Waals surface area contributed by atoms with Crippen LogP contribution in [0.1, 0.15) is 5.56 Å². The molecule has 2 N–H and O–H groups in total. The van der Waals surface area contributed by atoms with Gasteiger partial charge in [-0.25, -0.2) is 4.98 Å². The lowest BCUT2D eigenvalue weighted by Gasteiger charge is -2.08. The topological polar surface area (TPSA) is 124 Å². The molecule has 21 heavy (non-hydrogen) atoms. The van der Waals surface area contributed by atoms with Crippen LogP contribution < -0.4 is 5.56 Å². The molecule has 108 valence electrons. The van der Waals surface area contributed by atoms with Crippen molar-refractivity contribution in [3.8, 4) is 17.3 Å². The maximum atomic E-state index is 11.8. The third-order valence-corrected chi connectivity index (χ3v) is 4.11. The third-order valence-electron chi connectivity index (χ3n) is 2.62. The zero-order valence-corrected chi connectivity index (χ0v) is 12.3. The first-order valence-electron chi connectivity index (χ1n) is 5.53. The lowest BCUT2D eigenvalue weighted by molar-refractivity contribution is 0.483. The number of hydrogen-bond donors (Lipinski definition) is 2. The summed E-state index contributed by atoms with van der Waals surface area (Å²) in [6.07, 6.45) is 1.67. The van der Waals surface area contributed by atoms with Crippen LogP contribution in [0.25, 0.3) is 11.3 Å². The Kier molecular flexibility index (Phi) is 4.13. The highest BCUT2D eigenvalue weighted by atomic mass is 32.2. The number of aromatic amines is 1. The average molecular weight is 323 g/mol. The highest BCUT2D eigenvalue weighted by molar-refractivity contribution is 7.98. The van der Waals surface area contributed by atoms with E-state index in [1.54, 1.807) is 12.3 Å². The molecule has 9 heteroatoms. The molecule has 0 saturated carbocycles. The van der Waals surface area contributed by atoms with Gasteiger partial charge in [0.2, 0.25) is 0 Å². The minimum Gasteiger partial charge on any atom is -0.300 e. The minimum absolute atomic E-state index is 0.00190. The van der Waals surface area contributed by atoms with E-state index in [0.717, 1.165) is 11.8 Å². The molecule has 0 aliphatic carbocycles. The highest BCUT2D eigenvalue weighted by Gasteiger charge is 2.21. The van der Waals surface area contributed by atoms with Gasteiger partial charge in [0.25, 0.3) is 15.7 Å². The van der Waals surface area contributed by atoms with Crippen LogP contribution in [-0.4, -0.2) is 29.2 Å². The van der Waals surface area contributed by atoms with E-state index in [9.17, 15) is 17.8 Å². The molecule has 1 aromatic heterocycles. The number of thioether (sulfide) groups is 1. The van der Waals surface area contributed by atoms with Crippen molar-refractivity contribution in [2.45, 2.75) is 10.1 Å². The van der Waals surface area contributed by atoms with Gasteiger partial charge in [-0.1, -0.05) is 30.0 Å². The van der Waals surface area contributed by atoms with E-state index in [2.05, 4.69) is 9.97 Å². The van der Waals surface area contributed by atoms with Crippen LogP contribution in [0.2, 0.25) is 0 Å². The van der Waals surface area contributed by atoms with Gasteiger partial charge in [0.1, 0.15) is 16.5 Å². The molecular formula is C12H9N3O4S2. The first-order chi connectivity index (χ1) is 9.88. The van der Waals surface area contributed by atoms with Gasteiger partial charge in [-0.05, 0) is 12.3 Å². The largest absolute Gasteiger partial charge is 0.300 e. The van der Waals surface area contributed by atoms with Crippen LogP contribution >= 0.6 is 11.8 Å². The number of aromatic nitrogens is 2. The summed E-state index contributed by atoms with van der Waals surface area (Å²) in [5.41, 5.74) is -1.07. The van der Waals surface area contributed by atoms with Crippen molar-refractivity contribution in [1.29, 1.82) is 5.26 Å². The molecule has 0 radical (unpaired) electrons. The average Bonchev–Trinajstić information content (AvgIpc) is 2.45. The Morgan fingerprint density at radius 2 is 2.05 bits per heavy atom. The fourth-order valence-corrected chi connectivity index (χ4v) is 2.81. The second-order valence-electron chi connectivity index (χ2n) is 3.88. The molecule has 0 fully saturated rings. The molecule has 2 rings (SSSR count). The standard InChI is InChI=1S/C12H9N3O4S2/c1-20-12-14-10(8(6-13)11(16)15-12)7-4-2-3-5-9(7)21(17,18)19/h2-5H,1H3,(H,14,15,16)(H,17,18,19). The summed E-state index contributed by atoms with van der Waals surface area (Å²) < 4.78 is 32.1. The number of benzene rings is 1. The van der Waals surface area contributed by atoms with E-state index in [4.69, 9.17) is 5.26 Å². The predicted molar refractivity (Wildman–Crippen MR) is 76.6 cm³/mol. The van der Waals surface area contributed by atoms with E-state index in [0.29, 0.717) is 0 Å². The Morgan fingerprint density at radius 3 is 2.62 bits per heavy atom. The van der Waals surface area contributed by atoms with Crippen molar-refractivity contribution < 1.29 is 13.0 Å². The van der Waals surface area contributed by atoms with Gasteiger partial charge < -0.3 is 4.98 Å². The molecule has 0 aliphatic rings. The van der Waals surface area contributed by atoms with Crippen molar-refractivity contribution >= 4 is 21.9 Å². The molecule has 1 aromatic carbocycles. The van der Waals surface area contributed by atoms with Crippen LogP contribution in [0.3, 0.4) is 0 Å². The molecule has 0 amide bonds. The Bertz CT molecular complexity index is 897. The van der Waals surface area contributed by atoms with Crippen molar-refractivity contribution in [3.05, 3.63) is 40.2 Å². The van der Waals surface area contributed by atoms with Crippen LogP contribution in [0.5, 0.6) is 0 Å². The maximum Gasteiger partial charge on any atom is 0.295 e. The van der Waals surface area contributed by atoms with E-state index >= 15 is 0 Å². The van der Waals surface area contributed by atoms with Gasteiger partial charge in [0.05, 0.1) is 5.69 Å².